The fourth-order valence-electron chi connectivity index (χ4n) is 3.24. The molecule has 0 fully saturated rings. The van der Waals surface area contributed by atoms with Gasteiger partial charge in [0.2, 0.25) is 0 Å². The molecular formula is C19H18N4O4S2. The average Bonchev–Trinajstić information content (AvgIpc) is 3.02. The molecule has 0 saturated carbocycles. The Bertz CT molecular complexity index is 1040. The van der Waals surface area contributed by atoms with E-state index in [0.717, 1.165) is 30.9 Å². The maximum Gasteiger partial charge on any atom is 0.311 e. The van der Waals surface area contributed by atoms with Gasteiger partial charge in [-0.05, 0) is 55.1 Å². The number of rotatable bonds is 4. The summed E-state index contributed by atoms with van der Waals surface area (Å²) >= 11 is 6.69. The second-order valence-corrected chi connectivity index (χ2v) is 8.23. The summed E-state index contributed by atoms with van der Waals surface area (Å²) in [5.74, 6) is 0.0315. The van der Waals surface area contributed by atoms with Crippen LogP contribution < -0.4 is 15.4 Å². The first-order chi connectivity index (χ1) is 13.8. The Morgan fingerprint density at radius 3 is 2.90 bits per heavy atom. The third kappa shape index (κ3) is 4.36. The molecule has 1 aliphatic rings. The van der Waals surface area contributed by atoms with Gasteiger partial charge >= 0.3 is 5.69 Å². The van der Waals surface area contributed by atoms with Gasteiger partial charge in [0, 0.05) is 16.5 Å². The van der Waals surface area contributed by atoms with E-state index in [1.54, 1.807) is 0 Å². The predicted molar refractivity (Wildman–Crippen MR) is 114 cm³/mol. The number of methoxy groups -OCH3 is 1. The quantitative estimate of drug-likeness (QED) is 0.430. The highest BCUT2D eigenvalue weighted by Gasteiger charge is 2.25. The minimum absolute atomic E-state index is 0.0246. The second-order valence-electron chi connectivity index (χ2n) is 6.72. The van der Waals surface area contributed by atoms with Gasteiger partial charge in [-0.3, -0.25) is 20.2 Å². The topological polar surface area (TPSA) is 117 Å². The van der Waals surface area contributed by atoms with Gasteiger partial charge < -0.3 is 10.1 Å². The van der Waals surface area contributed by atoms with Crippen LogP contribution in [0.1, 0.15) is 39.7 Å². The average molecular weight is 431 g/mol. The van der Waals surface area contributed by atoms with Crippen LogP contribution in [0.25, 0.3) is 0 Å². The summed E-state index contributed by atoms with van der Waals surface area (Å²) < 4.78 is 4.93. The Labute approximate surface area is 176 Å². The number of nitrogens with zero attached hydrogens (tertiary/aromatic N) is 2. The highest BCUT2D eigenvalue weighted by Crippen LogP contribution is 2.39. The Morgan fingerprint density at radius 2 is 2.24 bits per heavy atom. The molecule has 1 aromatic carbocycles. The Hall–Kier alpha value is -3.03. The van der Waals surface area contributed by atoms with Gasteiger partial charge in [-0.1, -0.05) is 6.92 Å². The molecular weight excluding hydrogens is 412 g/mol. The summed E-state index contributed by atoms with van der Waals surface area (Å²) in [7, 11) is 1.31. The molecule has 150 valence electrons. The zero-order valence-corrected chi connectivity index (χ0v) is 17.4. The van der Waals surface area contributed by atoms with E-state index in [4.69, 9.17) is 17.0 Å². The van der Waals surface area contributed by atoms with E-state index in [2.05, 4.69) is 23.6 Å². The number of hydrogen-bond acceptors (Lipinski definition) is 7. The van der Waals surface area contributed by atoms with Gasteiger partial charge in [0.15, 0.2) is 10.9 Å². The van der Waals surface area contributed by atoms with E-state index in [-0.39, 0.29) is 22.1 Å². The van der Waals surface area contributed by atoms with Crippen LogP contribution in [0.15, 0.2) is 18.2 Å². The minimum atomic E-state index is -0.622. The maximum absolute atomic E-state index is 12.4. The molecule has 0 aliphatic heterocycles. The summed E-state index contributed by atoms with van der Waals surface area (Å²) in [5, 5.41) is 26.7. The standard InChI is InChI=1S/C19H18N4O4S2/c1-10-3-5-12-13(9-20)18(29-16(12)7-10)22-19(28)21-17(24)11-4-6-15(27-2)14(8-11)23(25)26/h4,6,8,10H,3,5,7H2,1-2H3,(H2,21,22,24,28)/t10-/m0/s1. The van der Waals surface area contributed by atoms with Crippen molar-refractivity contribution < 1.29 is 14.5 Å². The smallest absolute Gasteiger partial charge is 0.311 e. The lowest BCUT2D eigenvalue weighted by Crippen LogP contribution is -2.34. The molecule has 0 spiro atoms. The first-order valence-corrected chi connectivity index (χ1v) is 10.1. The van der Waals surface area contributed by atoms with Gasteiger partial charge in [0.25, 0.3) is 5.91 Å². The molecule has 1 aromatic heterocycles. The van der Waals surface area contributed by atoms with Crippen molar-refractivity contribution in [3.8, 4) is 11.8 Å². The van der Waals surface area contributed by atoms with Crippen LogP contribution in [0.3, 0.4) is 0 Å². The van der Waals surface area contributed by atoms with Gasteiger partial charge in [0.1, 0.15) is 11.1 Å². The molecule has 0 saturated heterocycles. The van der Waals surface area contributed by atoms with Crippen molar-refractivity contribution in [2.45, 2.75) is 26.2 Å². The van der Waals surface area contributed by atoms with Crippen molar-refractivity contribution in [1.82, 2.24) is 5.32 Å². The number of fused-ring (bicyclic) bond motifs is 1. The molecule has 0 radical (unpaired) electrons. The molecule has 1 atom stereocenters. The van der Waals surface area contributed by atoms with Crippen molar-refractivity contribution >= 4 is 45.3 Å². The molecule has 10 heteroatoms. The van der Waals surface area contributed by atoms with Crippen molar-refractivity contribution in [2.24, 2.45) is 5.92 Å². The number of nitro groups is 1. The number of nitriles is 1. The number of nitro benzene ring substituents is 1. The number of carbonyl (C=O) groups excluding carboxylic acids is 1. The molecule has 29 heavy (non-hydrogen) atoms. The monoisotopic (exact) mass is 430 g/mol. The Morgan fingerprint density at radius 1 is 1.48 bits per heavy atom. The molecule has 0 bridgehead atoms. The van der Waals surface area contributed by atoms with E-state index in [9.17, 15) is 20.2 Å². The molecule has 2 N–H and O–H groups in total. The summed E-state index contributed by atoms with van der Waals surface area (Å²) in [6, 6.07) is 6.12. The van der Waals surface area contributed by atoms with E-state index >= 15 is 0 Å². The lowest BCUT2D eigenvalue weighted by atomic mass is 9.89. The van der Waals surface area contributed by atoms with Crippen LogP contribution in [-0.2, 0) is 12.8 Å². The van der Waals surface area contributed by atoms with Gasteiger partial charge in [-0.15, -0.1) is 11.3 Å². The molecule has 1 amide bonds. The highest BCUT2D eigenvalue weighted by molar-refractivity contribution is 7.80. The Balaban J connectivity index is 1.75. The SMILES string of the molecule is COc1ccc(C(=O)NC(=S)Nc2sc3c(c2C#N)CC[C@H](C)C3)cc1[N+](=O)[O-]. The second kappa shape index (κ2) is 8.55. The number of amides is 1. The van der Waals surface area contributed by atoms with Crippen LogP contribution in [0.4, 0.5) is 10.7 Å². The van der Waals surface area contributed by atoms with Crippen LogP contribution in [0.2, 0.25) is 0 Å². The zero-order valence-electron chi connectivity index (χ0n) is 15.8. The van der Waals surface area contributed by atoms with Gasteiger partial charge in [-0.25, -0.2) is 0 Å². The normalized spacial score (nSPS) is 15.0. The molecule has 0 unspecified atom stereocenters. The Kier molecular flexibility index (Phi) is 6.10. The van der Waals surface area contributed by atoms with Crippen LogP contribution in [0, 0.1) is 27.4 Å². The number of benzene rings is 1. The number of nitrogens with one attached hydrogen (secondary N) is 2. The number of thiocarbonyl (C=S) groups is 1. The van der Waals surface area contributed by atoms with Crippen molar-refractivity contribution in [3.05, 3.63) is 49.9 Å². The van der Waals surface area contributed by atoms with E-state index < -0.39 is 10.8 Å². The predicted octanol–water partition coefficient (Wildman–Crippen LogP) is 3.79. The van der Waals surface area contributed by atoms with Crippen molar-refractivity contribution in [2.75, 3.05) is 12.4 Å². The summed E-state index contributed by atoms with van der Waals surface area (Å²) in [6.45, 7) is 2.18. The lowest BCUT2D eigenvalue weighted by molar-refractivity contribution is -0.385. The lowest BCUT2D eigenvalue weighted by Gasteiger charge is -2.17. The summed E-state index contributed by atoms with van der Waals surface area (Å²) in [6.07, 6.45) is 2.81. The first kappa shape index (κ1) is 20.7. The number of anilines is 1. The van der Waals surface area contributed by atoms with Crippen molar-refractivity contribution in [1.29, 1.82) is 5.26 Å². The first-order valence-electron chi connectivity index (χ1n) is 8.83. The fourth-order valence-corrected chi connectivity index (χ4v) is 4.87. The van der Waals surface area contributed by atoms with Crippen LogP contribution in [0.5, 0.6) is 5.75 Å². The van der Waals surface area contributed by atoms with E-state index in [1.165, 1.54) is 35.5 Å². The molecule has 1 aliphatic carbocycles. The van der Waals surface area contributed by atoms with E-state index in [1.807, 2.05) is 0 Å². The number of carbonyl (C=O) groups is 1. The fraction of sp³-hybridized carbons (Fsp3) is 0.316. The third-order valence-electron chi connectivity index (χ3n) is 4.72. The molecule has 3 rings (SSSR count). The highest BCUT2D eigenvalue weighted by atomic mass is 32.1. The summed E-state index contributed by atoms with van der Waals surface area (Å²) in [5.41, 5.74) is 1.37. The van der Waals surface area contributed by atoms with Gasteiger partial charge in [0.05, 0.1) is 17.6 Å². The third-order valence-corrected chi connectivity index (χ3v) is 6.09. The van der Waals surface area contributed by atoms with Gasteiger partial charge in [-0.2, -0.15) is 5.26 Å². The van der Waals surface area contributed by atoms with E-state index in [0.29, 0.717) is 16.5 Å². The minimum Gasteiger partial charge on any atom is -0.490 e. The number of ether oxygens (including phenoxy) is 1. The number of hydrogen-bond donors (Lipinski definition) is 2. The molecule has 1 heterocycles. The number of thiophene rings is 1. The zero-order chi connectivity index (χ0) is 21.1. The van der Waals surface area contributed by atoms with Crippen LogP contribution in [-0.4, -0.2) is 23.1 Å². The van der Waals surface area contributed by atoms with Crippen LogP contribution >= 0.6 is 23.6 Å². The van der Waals surface area contributed by atoms with Crippen molar-refractivity contribution in [3.63, 3.8) is 0 Å². The molecule has 2 aromatic rings. The summed E-state index contributed by atoms with van der Waals surface area (Å²) in [4.78, 5) is 24.1. The maximum atomic E-state index is 12.4. The largest absolute Gasteiger partial charge is 0.490 e. The molecule has 8 nitrogen and oxygen atoms in total.